The van der Waals surface area contributed by atoms with Gasteiger partial charge in [0.05, 0.1) is 11.7 Å². The molecule has 20 heavy (non-hydrogen) atoms. The molecule has 1 atom stereocenters. The predicted molar refractivity (Wildman–Crippen MR) is 79.7 cm³/mol. The maximum absolute atomic E-state index is 12.1. The van der Waals surface area contributed by atoms with E-state index in [1.807, 2.05) is 48.5 Å². The largest absolute Gasteiger partial charge is 0.387 e. The van der Waals surface area contributed by atoms with Crippen molar-refractivity contribution in [2.45, 2.75) is 6.10 Å². The van der Waals surface area contributed by atoms with Crippen LogP contribution in [0.3, 0.4) is 0 Å². The van der Waals surface area contributed by atoms with Crippen LogP contribution in [0, 0.1) is 0 Å². The third-order valence-electron chi connectivity index (χ3n) is 3.08. The Hall–Kier alpha value is -2.33. The number of benzene rings is 2. The van der Waals surface area contributed by atoms with E-state index in [0.29, 0.717) is 5.56 Å². The molecule has 0 radical (unpaired) electrons. The van der Waals surface area contributed by atoms with Crippen molar-refractivity contribution in [2.75, 3.05) is 18.9 Å². The zero-order valence-corrected chi connectivity index (χ0v) is 11.3. The summed E-state index contributed by atoms with van der Waals surface area (Å²) in [6, 6.07) is 16.5. The summed E-state index contributed by atoms with van der Waals surface area (Å²) in [5, 5.41) is 15.7. The fourth-order valence-corrected chi connectivity index (χ4v) is 1.98. The number of amides is 1. The van der Waals surface area contributed by atoms with Crippen molar-refractivity contribution in [1.29, 1.82) is 0 Å². The number of anilines is 1. The molecule has 0 aliphatic carbocycles. The summed E-state index contributed by atoms with van der Waals surface area (Å²) >= 11 is 0. The quantitative estimate of drug-likeness (QED) is 0.780. The van der Waals surface area contributed by atoms with Crippen LogP contribution >= 0.6 is 0 Å². The molecule has 3 N–H and O–H groups in total. The van der Waals surface area contributed by atoms with Gasteiger partial charge < -0.3 is 15.7 Å². The highest BCUT2D eigenvalue weighted by Gasteiger charge is 2.12. The molecule has 0 heterocycles. The molecule has 1 amide bonds. The van der Waals surface area contributed by atoms with E-state index in [9.17, 15) is 9.90 Å². The number of hydrogen-bond donors (Lipinski definition) is 3. The summed E-state index contributed by atoms with van der Waals surface area (Å²) < 4.78 is 0. The summed E-state index contributed by atoms with van der Waals surface area (Å²) in [6.45, 7) is 0.181. The molecule has 2 aromatic carbocycles. The molecule has 1 unspecified atom stereocenters. The topological polar surface area (TPSA) is 61.4 Å². The first-order valence-electron chi connectivity index (χ1n) is 6.50. The average molecular weight is 270 g/mol. The van der Waals surface area contributed by atoms with Crippen LogP contribution in [0.15, 0.2) is 54.6 Å². The van der Waals surface area contributed by atoms with E-state index in [0.717, 1.165) is 11.3 Å². The highest BCUT2D eigenvalue weighted by molar-refractivity contribution is 5.99. The molecule has 4 nitrogen and oxygen atoms in total. The Morgan fingerprint density at radius 1 is 1.10 bits per heavy atom. The third kappa shape index (κ3) is 3.36. The average Bonchev–Trinajstić information content (AvgIpc) is 2.53. The summed E-state index contributed by atoms with van der Waals surface area (Å²) in [5.74, 6) is -0.204. The normalized spacial score (nSPS) is 11.7. The van der Waals surface area contributed by atoms with Crippen LogP contribution in [0.5, 0.6) is 0 Å². The molecule has 0 bridgehead atoms. The van der Waals surface area contributed by atoms with Crippen LogP contribution in [0.25, 0.3) is 0 Å². The zero-order valence-electron chi connectivity index (χ0n) is 11.3. The van der Waals surface area contributed by atoms with Gasteiger partial charge in [0.2, 0.25) is 0 Å². The van der Waals surface area contributed by atoms with E-state index < -0.39 is 6.10 Å². The van der Waals surface area contributed by atoms with Crippen LogP contribution in [0.2, 0.25) is 0 Å². The van der Waals surface area contributed by atoms with E-state index in [1.165, 1.54) is 0 Å². The lowest BCUT2D eigenvalue weighted by atomic mass is 10.1. The molecule has 0 fully saturated rings. The van der Waals surface area contributed by atoms with Gasteiger partial charge >= 0.3 is 0 Å². The molecule has 0 saturated carbocycles. The van der Waals surface area contributed by atoms with Crippen LogP contribution in [-0.2, 0) is 0 Å². The van der Waals surface area contributed by atoms with Gasteiger partial charge in [-0.1, -0.05) is 42.5 Å². The Bertz CT molecular complexity index is 570. The smallest absolute Gasteiger partial charge is 0.253 e. The van der Waals surface area contributed by atoms with E-state index in [2.05, 4.69) is 10.6 Å². The zero-order chi connectivity index (χ0) is 14.4. The minimum absolute atomic E-state index is 0.181. The molecule has 0 aliphatic rings. The maximum atomic E-state index is 12.1. The molecule has 2 rings (SSSR count). The molecule has 0 spiro atoms. The van der Waals surface area contributed by atoms with E-state index in [1.54, 1.807) is 13.1 Å². The van der Waals surface area contributed by atoms with Crippen molar-refractivity contribution in [3.05, 3.63) is 65.7 Å². The Labute approximate surface area is 118 Å². The molecule has 0 aromatic heterocycles. The van der Waals surface area contributed by atoms with Gasteiger partial charge in [-0.15, -0.1) is 0 Å². The lowest BCUT2D eigenvalue weighted by Crippen LogP contribution is -2.28. The molecule has 104 valence electrons. The SMILES string of the molecule is CNc1ccccc1C(=O)NCC(O)c1ccccc1. The van der Waals surface area contributed by atoms with Crippen molar-refractivity contribution in [1.82, 2.24) is 5.32 Å². The summed E-state index contributed by atoms with van der Waals surface area (Å²) in [7, 11) is 1.77. The Morgan fingerprint density at radius 2 is 1.75 bits per heavy atom. The number of nitrogens with one attached hydrogen (secondary N) is 2. The minimum atomic E-state index is -0.707. The van der Waals surface area contributed by atoms with Gasteiger partial charge in [0, 0.05) is 19.3 Å². The van der Waals surface area contributed by atoms with Gasteiger partial charge in [-0.3, -0.25) is 4.79 Å². The van der Waals surface area contributed by atoms with E-state index in [-0.39, 0.29) is 12.5 Å². The number of hydrogen-bond acceptors (Lipinski definition) is 3. The number of carbonyl (C=O) groups excluding carboxylic acids is 1. The molecule has 0 saturated heterocycles. The lowest BCUT2D eigenvalue weighted by Gasteiger charge is -2.13. The highest BCUT2D eigenvalue weighted by atomic mass is 16.3. The Kier molecular flexibility index (Phi) is 4.74. The molecule has 0 aliphatic heterocycles. The van der Waals surface area contributed by atoms with Crippen molar-refractivity contribution < 1.29 is 9.90 Å². The number of rotatable bonds is 5. The van der Waals surface area contributed by atoms with Crippen molar-refractivity contribution >= 4 is 11.6 Å². The van der Waals surface area contributed by atoms with E-state index >= 15 is 0 Å². The summed E-state index contributed by atoms with van der Waals surface area (Å²) in [6.07, 6.45) is -0.707. The second kappa shape index (κ2) is 6.73. The first kappa shape index (κ1) is 14.1. The second-order valence-electron chi connectivity index (χ2n) is 4.43. The number of carbonyl (C=O) groups is 1. The highest BCUT2D eigenvalue weighted by Crippen LogP contribution is 2.15. The van der Waals surface area contributed by atoms with Crippen molar-refractivity contribution in [3.8, 4) is 0 Å². The van der Waals surface area contributed by atoms with Crippen LogP contribution in [0.1, 0.15) is 22.0 Å². The first-order chi connectivity index (χ1) is 9.72. The van der Waals surface area contributed by atoms with Gasteiger partial charge in [-0.2, -0.15) is 0 Å². The standard InChI is InChI=1S/C16H18N2O2/c1-17-14-10-6-5-9-13(14)16(20)18-11-15(19)12-7-3-2-4-8-12/h2-10,15,17,19H,11H2,1H3,(H,18,20). The van der Waals surface area contributed by atoms with Crippen molar-refractivity contribution in [3.63, 3.8) is 0 Å². The summed E-state index contributed by atoms with van der Waals surface area (Å²) in [4.78, 5) is 12.1. The van der Waals surface area contributed by atoms with Gasteiger partial charge in [0.1, 0.15) is 0 Å². The van der Waals surface area contributed by atoms with Crippen LogP contribution in [-0.4, -0.2) is 24.6 Å². The number of aliphatic hydroxyl groups excluding tert-OH is 1. The first-order valence-corrected chi connectivity index (χ1v) is 6.50. The Morgan fingerprint density at radius 3 is 2.45 bits per heavy atom. The second-order valence-corrected chi connectivity index (χ2v) is 4.43. The summed E-state index contributed by atoms with van der Waals surface area (Å²) in [5.41, 5.74) is 2.11. The fraction of sp³-hybridized carbons (Fsp3) is 0.188. The minimum Gasteiger partial charge on any atom is -0.387 e. The monoisotopic (exact) mass is 270 g/mol. The molecular weight excluding hydrogens is 252 g/mol. The van der Waals surface area contributed by atoms with Gasteiger partial charge in [0.25, 0.3) is 5.91 Å². The lowest BCUT2D eigenvalue weighted by molar-refractivity contribution is 0.0917. The third-order valence-corrected chi connectivity index (χ3v) is 3.08. The Balaban J connectivity index is 1.99. The van der Waals surface area contributed by atoms with Gasteiger partial charge in [-0.25, -0.2) is 0 Å². The molecule has 2 aromatic rings. The van der Waals surface area contributed by atoms with Crippen molar-refractivity contribution in [2.24, 2.45) is 0 Å². The maximum Gasteiger partial charge on any atom is 0.253 e. The van der Waals surface area contributed by atoms with Crippen LogP contribution < -0.4 is 10.6 Å². The molecular formula is C16H18N2O2. The van der Waals surface area contributed by atoms with E-state index in [4.69, 9.17) is 0 Å². The number of para-hydroxylation sites is 1. The fourth-order valence-electron chi connectivity index (χ4n) is 1.98. The van der Waals surface area contributed by atoms with Gasteiger partial charge in [-0.05, 0) is 17.7 Å². The molecule has 4 heteroatoms. The number of aliphatic hydroxyl groups is 1. The van der Waals surface area contributed by atoms with Crippen LogP contribution in [0.4, 0.5) is 5.69 Å². The predicted octanol–water partition coefficient (Wildman–Crippen LogP) is 2.19. The van der Waals surface area contributed by atoms with Gasteiger partial charge in [0.15, 0.2) is 0 Å².